The summed E-state index contributed by atoms with van der Waals surface area (Å²) in [5.74, 6) is -0.251. The van der Waals surface area contributed by atoms with Gasteiger partial charge >= 0.3 is 0 Å². The number of hydrogen-bond donors (Lipinski definition) is 1. The third-order valence-corrected chi connectivity index (χ3v) is 7.04. The highest BCUT2D eigenvalue weighted by molar-refractivity contribution is 5.96. The zero-order valence-corrected chi connectivity index (χ0v) is 20.5. The Morgan fingerprint density at radius 1 is 0.944 bits per heavy atom. The molecule has 1 saturated heterocycles. The molecule has 0 spiro atoms. The number of benzene rings is 2. The second-order valence-electron chi connectivity index (χ2n) is 9.48. The summed E-state index contributed by atoms with van der Waals surface area (Å²) in [5, 5.41) is 3.23. The Morgan fingerprint density at radius 3 is 2.33 bits per heavy atom. The van der Waals surface area contributed by atoms with E-state index in [-0.39, 0.29) is 30.2 Å². The molecule has 2 heterocycles. The first kappa shape index (κ1) is 24.1. The zero-order valence-electron chi connectivity index (χ0n) is 20.5. The summed E-state index contributed by atoms with van der Waals surface area (Å²) >= 11 is 0. The van der Waals surface area contributed by atoms with Crippen LogP contribution < -0.4 is 10.2 Å². The predicted molar refractivity (Wildman–Crippen MR) is 138 cm³/mol. The van der Waals surface area contributed by atoms with E-state index in [4.69, 9.17) is 9.15 Å². The Bertz CT molecular complexity index is 1120. The fourth-order valence-corrected chi connectivity index (χ4v) is 5.11. The minimum Gasteiger partial charge on any atom is -0.459 e. The summed E-state index contributed by atoms with van der Waals surface area (Å²) in [6.07, 6.45) is 5.66. The van der Waals surface area contributed by atoms with Gasteiger partial charge in [0.25, 0.3) is 5.91 Å². The molecule has 1 aliphatic carbocycles. The topological polar surface area (TPSA) is 75.0 Å². The smallest absolute Gasteiger partial charge is 0.290 e. The molecule has 2 amide bonds. The Balaban J connectivity index is 1.49. The summed E-state index contributed by atoms with van der Waals surface area (Å²) in [6, 6.07) is 20.5. The lowest BCUT2D eigenvalue weighted by Gasteiger charge is -2.33. The minimum absolute atomic E-state index is 0.143. The van der Waals surface area contributed by atoms with Gasteiger partial charge in [0.2, 0.25) is 5.91 Å². The fraction of sp³-hybridized carbons (Fsp3) is 0.379. The molecule has 0 radical (unpaired) electrons. The van der Waals surface area contributed by atoms with Gasteiger partial charge in [-0.1, -0.05) is 55.3 Å². The number of carbonyl (C=O) groups is 2. The van der Waals surface area contributed by atoms with Gasteiger partial charge in [0.1, 0.15) is 6.04 Å². The second kappa shape index (κ2) is 11.4. The molecule has 2 aromatic carbocycles. The van der Waals surface area contributed by atoms with E-state index in [2.05, 4.69) is 10.2 Å². The summed E-state index contributed by atoms with van der Waals surface area (Å²) in [7, 11) is 0. The number of ether oxygens (including phenoxy) is 1. The van der Waals surface area contributed by atoms with Crippen LogP contribution in [0.4, 0.5) is 5.69 Å². The van der Waals surface area contributed by atoms with Crippen LogP contribution in [0.15, 0.2) is 77.4 Å². The van der Waals surface area contributed by atoms with Crippen molar-refractivity contribution in [2.24, 2.45) is 0 Å². The standard InChI is InChI=1S/C29H33N3O4/c33-28(30-24-9-4-5-10-24)27(23-12-14-25(15-13-23)31-16-19-35-20-17-31)32(21-22-7-2-1-3-8-22)29(34)26-11-6-18-36-26/h1-3,6-8,11-15,18,24,27H,4-5,9-10,16-17,19-21H2,(H,30,33)/t27-/m0/s1. The number of hydrogen-bond acceptors (Lipinski definition) is 5. The summed E-state index contributed by atoms with van der Waals surface area (Å²) in [5.41, 5.74) is 2.81. The lowest BCUT2D eigenvalue weighted by Crippen LogP contribution is -2.45. The monoisotopic (exact) mass is 487 g/mol. The zero-order chi connectivity index (χ0) is 24.7. The molecule has 2 aliphatic rings. The predicted octanol–water partition coefficient (Wildman–Crippen LogP) is 4.56. The van der Waals surface area contributed by atoms with Crippen LogP contribution in [-0.4, -0.2) is 49.1 Å². The maximum atomic E-state index is 13.8. The number of furan rings is 1. The lowest BCUT2D eigenvalue weighted by molar-refractivity contribution is -0.126. The molecule has 1 aliphatic heterocycles. The SMILES string of the molecule is O=C(NC1CCCC1)[C@H](c1ccc(N2CCOCC2)cc1)N(Cc1ccccc1)C(=O)c1ccco1. The van der Waals surface area contributed by atoms with Gasteiger partial charge in [0.05, 0.1) is 19.5 Å². The van der Waals surface area contributed by atoms with Crippen molar-refractivity contribution in [3.63, 3.8) is 0 Å². The molecular weight excluding hydrogens is 454 g/mol. The van der Waals surface area contributed by atoms with E-state index in [1.54, 1.807) is 17.0 Å². The van der Waals surface area contributed by atoms with E-state index in [9.17, 15) is 9.59 Å². The van der Waals surface area contributed by atoms with Gasteiger partial charge in [-0.3, -0.25) is 9.59 Å². The van der Waals surface area contributed by atoms with Crippen LogP contribution >= 0.6 is 0 Å². The van der Waals surface area contributed by atoms with Crippen molar-refractivity contribution in [3.8, 4) is 0 Å². The normalized spacial score (nSPS) is 17.1. The number of anilines is 1. The molecule has 1 aromatic heterocycles. The van der Waals surface area contributed by atoms with E-state index in [0.717, 1.165) is 55.6 Å². The van der Waals surface area contributed by atoms with Gasteiger partial charge in [0, 0.05) is 31.4 Å². The van der Waals surface area contributed by atoms with Crippen molar-refractivity contribution in [1.29, 1.82) is 0 Å². The van der Waals surface area contributed by atoms with Crippen LogP contribution in [0.3, 0.4) is 0 Å². The van der Waals surface area contributed by atoms with Crippen molar-refractivity contribution >= 4 is 17.5 Å². The number of morpholine rings is 1. The highest BCUT2D eigenvalue weighted by Crippen LogP contribution is 2.29. The summed E-state index contributed by atoms with van der Waals surface area (Å²) < 4.78 is 11.0. The summed E-state index contributed by atoms with van der Waals surface area (Å²) in [4.78, 5) is 31.4. The first-order chi connectivity index (χ1) is 17.7. The van der Waals surface area contributed by atoms with Crippen LogP contribution in [0.5, 0.6) is 0 Å². The van der Waals surface area contributed by atoms with Crippen LogP contribution in [0, 0.1) is 0 Å². The lowest BCUT2D eigenvalue weighted by atomic mass is 10.0. The van der Waals surface area contributed by atoms with Crippen molar-refractivity contribution in [2.75, 3.05) is 31.2 Å². The molecule has 3 aromatic rings. The van der Waals surface area contributed by atoms with Gasteiger partial charge < -0.3 is 24.3 Å². The van der Waals surface area contributed by atoms with E-state index in [1.165, 1.54) is 6.26 Å². The van der Waals surface area contributed by atoms with E-state index >= 15 is 0 Å². The molecule has 2 fully saturated rings. The number of nitrogens with one attached hydrogen (secondary N) is 1. The summed E-state index contributed by atoms with van der Waals surface area (Å²) in [6.45, 7) is 3.37. The third-order valence-electron chi connectivity index (χ3n) is 7.04. The molecule has 7 nitrogen and oxygen atoms in total. The van der Waals surface area contributed by atoms with Gasteiger partial charge in [-0.05, 0) is 48.2 Å². The highest BCUT2D eigenvalue weighted by atomic mass is 16.5. The van der Waals surface area contributed by atoms with Crippen LogP contribution in [0.25, 0.3) is 0 Å². The Hall–Kier alpha value is -3.58. The molecule has 36 heavy (non-hydrogen) atoms. The second-order valence-corrected chi connectivity index (χ2v) is 9.48. The number of rotatable bonds is 8. The molecule has 1 N–H and O–H groups in total. The van der Waals surface area contributed by atoms with Crippen molar-refractivity contribution in [3.05, 3.63) is 89.9 Å². The molecule has 1 atom stereocenters. The molecule has 188 valence electrons. The van der Waals surface area contributed by atoms with Gasteiger partial charge in [-0.15, -0.1) is 0 Å². The Labute approximate surface area is 212 Å². The number of amides is 2. The quantitative estimate of drug-likeness (QED) is 0.504. The van der Waals surface area contributed by atoms with Gasteiger partial charge in [-0.2, -0.15) is 0 Å². The minimum atomic E-state index is -0.790. The first-order valence-electron chi connectivity index (χ1n) is 12.8. The fourth-order valence-electron chi connectivity index (χ4n) is 5.11. The Morgan fingerprint density at radius 2 is 1.67 bits per heavy atom. The molecule has 1 saturated carbocycles. The van der Waals surface area contributed by atoms with Gasteiger partial charge in [-0.25, -0.2) is 0 Å². The van der Waals surface area contributed by atoms with Crippen LogP contribution in [0.2, 0.25) is 0 Å². The van der Waals surface area contributed by atoms with Gasteiger partial charge in [0.15, 0.2) is 5.76 Å². The maximum Gasteiger partial charge on any atom is 0.290 e. The van der Waals surface area contributed by atoms with Crippen molar-refractivity contribution < 1.29 is 18.7 Å². The van der Waals surface area contributed by atoms with Crippen LogP contribution in [-0.2, 0) is 16.1 Å². The number of carbonyl (C=O) groups excluding carboxylic acids is 2. The maximum absolute atomic E-state index is 13.8. The molecule has 7 heteroatoms. The molecule has 5 rings (SSSR count). The average Bonchev–Trinajstić information content (AvgIpc) is 3.64. The molecule has 0 bridgehead atoms. The molecular formula is C29H33N3O4. The third kappa shape index (κ3) is 5.62. The number of nitrogens with zero attached hydrogens (tertiary/aromatic N) is 2. The Kier molecular flexibility index (Phi) is 7.67. The van der Waals surface area contributed by atoms with Crippen molar-refractivity contribution in [2.45, 2.75) is 44.3 Å². The van der Waals surface area contributed by atoms with E-state index in [0.29, 0.717) is 13.2 Å². The van der Waals surface area contributed by atoms with E-state index < -0.39 is 6.04 Å². The van der Waals surface area contributed by atoms with Crippen molar-refractivity contribution in [1.82, 2.24) is 10.2 Å². The highest BCUT2D eigenvalue weighted by Gasteiger charge is 2.34. The average molecular weight is 488 g/mol. The first-order valence-corrected chi connectivity index (χ1v) is 12.8. The van der Waals surface area contributed by atoms with Crippen LogP contribution in [0.1, 0.15) is 53.4 Å². The van der Waals surface area contributed by atoms with E-state index in [1.807, 2.05) is 54.6 Å². The largest absolute Gasteiger partial charge is 0.459 e. The molecule has 0 unspecified atom stereocenters.